The maximum atomic E-state index is 12.8. The maximum Gasteiger partial charge on any atom is 0.287 e. The number of hydrogen-bond acceptors (Lipinski definition) is 6. The van der Waals surface area contributed by atoms with Crippen molar-refractivity contribution in [3.63, 3.8) is 0 Å². The zero-order chi connectivity index (χ0) is 21.8. The van der Waals surface area contributed by atoms with Crippen molar-refractivity contribution in [1.29, 1.82) is 0 Å². The molecule has 0 aliphatic carbocycles. The van der Waals surface area contributed by atoms with Crippen LogP contribution in [0.3, 0.4) is 0 Å². The molecule has 1 unspecified atom stereocenters. The lowest BCUT2D eigenvalue weighted by Gasteiger charge is -2.33. The highest BCUT2D eigenvalue weighted by atomic mass is 32.2. The van der Waals surface area contributed by atoms with Gasteiger partial charge in [-0.3, -0.25) is 9.69 Å². The van der Waals surface area contributed by atoms with Crippen LogP contribution in [0.2, 0.25) is 0 Å². The number of nitrogens with one attached hydrogen (secondary N) is 1. The number of sulfone groups is 1. The molecule has 1 fully saturated rings. The van der Waals surface area contributed by atoms with Crippen molar-refractivity contribution >= 4 is 15.7 Å². The zero-order valence-corrected chi connectivity index (χ0v) is 18.2. The second-order valence-corrected chi connectivity index (χ2v) is 9.65. The molecule has 1 aliphatic heterocycles. The standard InChI is InChI=1S/C23H26N2O5S/c1-17-7-9-18(10-8-17)31(27,28)22-12-11-21(30-22)23(26)24-16-19(20-6-5-15-29-20)25-13-3-2-4-14-25/h5-12,15,19H,2-4,13-14,16H2,1H3,(H,24,26). The van der Waals surface area contributed by atoms with Gasteiger partial charge in [-0.15, -0.1) is 0 Å². The first-order valence-corrected chi connectivity index (χ1v) is 11.9. The molecule has 1 N–H and O–H groups in total. The van der Waals surface area contributed by atoms with Gasteiger partial charge in [0.1, 0.15) is 5.76 Å². The summed E-state index contributed by atoms with van der Waals surface area (Å²) in [5.74, 6) is 0.297. The molecule has 0 saturated carbocycles. The third-order valence-corrected chi connectivity index (χ3v) is 7.20. The van der Waals surface area contributed by atoms with Crippen molar-refractivity contribution in [3.05, 3.63) is 71.9 Å². The summed E-state index contributed by atoms with van der Waals surface area (Å²) in [5, 5.41) is 2.62. The Bertz CT molecular complexity index is 1110. The molecule has 1 atom stereocenters. The molecule has 164 valence electrons. The molecule has 1 saturated heterocycles. The summed E-state index contributed by atoms with van der Waals surface area (Å²) >= 11 is 0. The molecule has 3 aromatic rings. The normalized spacial score (nSPS) is 16.2. The van der Waals surface area contributed by atoms with Crippen molar-refractivity contribution in [2.75, 3.05) is 19.6 Å². The third-order valence-electron chi connectivity index (χ3n) is 5.56. The quantitative estimate of drug-likeness (QED) is 0.595. The fourth-order valence-corrected chi connectivity index (χ4v) is 4.99. The average Bonchev–Trinajstić information content (AvgIpc) is 3.48. The smallest absolute Gasteiger partial charge is 0.287 e. The van der Waals surface area contributed by atoms with E-state index < -0.39 is 15.7 Å². The lowest BCUT2D eigenvalue weighted by Crippen LogP contribution is -2.40. The molecule has 1 aliphatic rings. The van der Waals surface area contributed by atoms with Gasteiger partial charge in [-0.2, -0.15) is 0 Å². The van der Waals surface area contributed by atoms with Crippen LogP contribution in [-0.2, 0) is 9.84 Å². The first-order chi connectivity index (χ1) is 14.9. The van der Waals surface area contributed by atoms with Crippen LogP contribution in [0.15, 0.2) is 73.6 Å². The number of likely N-dealkylation sites (tertiary alicyclic amines) is 1. The van der Waals surface area contributed by atoms with E-state index in [4.69, 9.17) is 8.83 Å². The molecular weight excluding hydrogens is 416 g/mol. The molecule has 2 aromatic heterocycles. The van der Waals surface area contributed by atoms with Gasteiger partial charge in [-0.1, -0.05) is 24.1 Å². The van der Waals surface area contributed by atoms with Crippen molar-refractivity contribution in [1.82, 2.24) is 10.2 Å². The summed E-state index contributed by atoms with van der Waals surface area (Å²) < 4.78 is 36.6. The molecule has 1 aromatic carbocycles. The number of aryl methyl sites for hydroxylation is 1. The van der Waals surface area contributed by atoms with Gasteiger partial charge in [0.2, 0.25) is 14.9 Å². The SMILES string of the molecule is Cc1ccc(S(=O)(=O)c2ccc(C(=O)NCC(c3ccco3)N3CCCCC3)o2)cc1. The Kier molecular flexibility index (Phi) is 6.29. The third kappa shape index (κ3) is 4.75. The van der Waals surface area contributed by atoms with E-state index in [9.17, 15) is 13.2 Å². The Morgan fingerprint density at radius 2 is 1.81 bits per heavy atom. The number of piperidine rings is 1. The molecule has 7 nitrogen and oxygen atoms in total. The fraction of sp³-hybridized carbons (Fsp3) is 0.348. The molecular formula is C23H26N2O5S. The predicted octanol–water partition coefficient (Wildman–Crippen LogP) is 3.97. The molecule has 0 bridgehead atoms. The number of amides is 1. The minimum Gasteiger partial charge on any atom is -0.468 e. The van der Waals surface area contributed by atoms with Crippen LogP contribution in [0.1, 0.15) is 47.2 Å². The summed E-state index contributed by atoms with van der Waals surface area (Å²) in [5.41, 5.74) is 0.957. The van der Waals surface area contributed by atoms with Crippen LogP contribution in [-0.4, -0.2) is 38.9 Å². The molecule has 8 heteroatoms. The van der Waals surface area contributed by atoms with E-state index in [1.54, 1.807) is 18.4 Å². The zero-order valence-electron chi connectivity index (χ0n) is 17.4. The Morgan fingerprint density at radius 3 is 2.48 bits per heavy atom. The Balaban J connectivity index is 1.46. The van der Waals surface area contributed by atoms with Crippen molar-refractivity contribution in [2.45, 2.75) is 42.2 Å². The number of rotatable bonds is 7. The van der Waals surface area contributed by atoms with Gasteiger partial charge in [0.15, 0.2) is 5.76 Å². The van der Waals surface area contributed by atoms with Gasteiger partial charge >= 0.3 is 0 Å². The van der Waals surface area contributed by atoms with E-state index in [1.807, 2.05) is 19.1 Å². The molecule has 4 rings (SSSR count). The maximum absolute atomic E-state index is 12.8. The van der Waals surface area contributed by atoms with Gasteiger partial charge < -0.3 is 14.2 Å². The number of hydrogen-bond donors (Lipinski definition) is 1. The first kappa shape index (κ1) is 21.4. The van der Waals surface area contributed by atoms with Crippen LogP contribution in [0.4, 0.5) is 0 Å². The monoisotopic (exact) mass is 442 g/mol. The van der Waals surface area contributed by atoms with E-state index in [-0.39, 0.29) is 21.8 Å². The van der Waals surface area contributed by atoms with E-state index in [1.165, 1.54) is 30.7 Å². The van der Waals surface area contributed by atoms with Crippen LogP contribution in [0.5, 0.6) is 0 Å². The van der Waals surface area contributed by atoms with E-state index in [2.05, 4.69) is 10.2 Å². The second kappa shape index (κ2) is 9.11. The molecule has 3 heterocycles. The van der Waals surface area contributed by atoms with Crippen molar-refractivity contribution in [3.8, 4) is 0 Å². The predicted molar refractivity (Wildman–Crippen MR) is 115 cm³/mol. The lowest BCUT2D eigenvalue weighted by molar-refractivity contribution is 0.0882. The van der Waals surface area contributed by atoms with Crippen molar-refractivity contribution in [2.24, 2.45) is 0 Å². The lowest BCUT2D eigenvalue weighted by atomic mass is 10.1. The van der Waals surface area contributed by atoms with E-state index >= 15 is 0 Å². The Hall–Kier alpha value is -2.84. The largest absolute Gasteiger partial charge is 0.468 e. The number of furan rings is 2. The fourth-order valence-electron chi connectivity index (χ4n) is 3.82. The van der Waals surface area contributed by atoms with E-state index in [0.717, 1.165) is 37.3 Å². The summed E-state index contributed by atoms with van der Waals surface area (Å²) in [6.07, 6.45) is 5.06. The van der Waals surface area contributed by atoms with Gasteiger partial charge in [-0.05, 0) is 69.3 Å². The number of benzene rings is 1. The van der Waals surface area contributed by atoms with Gasteiger partial charge in [0.05, 0.1) is 17.2 Å². The van der Waals surface area contributed by atoms with Crippen LogP contribution < -0.4 is 5.32 Å². The number of nitrogens with zero attached hydrogens (tertiary/aromatic N) is 1. The van der Waals surface area contributed by atoms with Gasteiger partial charge in [0.25, 0.3) is 5.91 Å². The first-order valence-electron chi connectivity index (χ1n) is 10.4. The summed E-state index contributed by atoms with van der Waals surface area (Å²) in [7, 11) is -3.82. The highest BCUT2D eigenvalue weighted by molar-refractivity contribution is 7.91. The van der Waals surface area contributed by atoms with Crippen LogP contribution in [0, 0.1) is 6.92 Å². The summed E-state index contributed by atoms with van der Waals surface area (Å²) in [4.78, 5) is 15.1. The summed E-state index contributed by atoms with van der Waals surface area (Å²) in [6, 6.07) is 12.9. The van der Waals surface area contributed by atoms with Gasteiger partial charge in [-0.25, -0.2) is 8.42 Å². The minimum atomic E-state index is -3.82. The van der Waals surface area contributed by atoms with E-state index in [0.29, 0.717) is 6.54 Å². The topological polar surface area (TPSA) is 92.8 Å². The minimum absolute atomic E-state index is 0.0393. The highest BCUT2D eigenvalue weighted by Gasteiger charge is 2.27. The summed E-state index contributed by atoms with van der Waals surface area (Å²) in [6.45, 7) is 4.11. The van der Waals surface area contributed by atoms with Crippen LogP contribution in [0.25, 0.3) is 0 Å². The van der Waals surface area contributed by atoms with Crippen LogP contribution >= 0.6 is 0 Å². The van der Waals surface area contributed by atoms with Crippen molar-refractivity contribution < 1.29 is 22.0 Å². The molecule has 1 amide bonds. The molecule has 0 spiro atoms. The average molecular weight is 443 g/mol. The number of carbonyl (C=O) groups excluding carboxylic acids is 1. The van der Waals surface area contributed by atoms with Gasteiger partial charge in [0, 0.05) is 6.54 Å². The number of carbonyl (C=O) groups is 1. The second-order valence-electron chi connectivity index (χ2n) is 7.77. The Labute approximate surface area is 182 Å². The molecule has 31 heavy (non-hydrogen) atoms. The Morgan fingerprint density at radius 1 is 1.06 bits per heavy atom. The molecule has 0 radical (unpaired) electrons. The highest BCUT2D eigenvalue weighted by Crippen LogP contribution is 2.26.